The molecule has 0 radical (unpaired) electrons. The van der Waals surface area contributed by atoms with Crippen LogP contribution in [0, 0.1) is 0 Å². The highest BCUT2D eigenvalue weighted by Gasteiger charge is 2.44. The fourth-order valence-corrected chi connectivity index (χ4v) is 3.12. The molecule has 2 aromatic heterocycles. The number of carbonyl (C=O) groups is 1. The van der Waals surface area contributed by atoms with Gasteiger partial charge in [0.25, 0.3) is 11.5 Å². The number of rotatable bonds is 6. The number of carbonyl (C=O) groups excluding carboxylic acids is 1. The van der Waals surface area contributed by atoms with E-state index in [1.54, 1.807) is 24.3 Å². The van der Waals surface area contributed by atoms with E-state index in [2.05, 4.69) is 20.3 Å². The number of nitrogens with one attached hydrogen (secondary N) is 2. The number of aliphatic hydroxyl groups excluding tert-OH is 3. The third-order valence-corrected chi connectivity index (χ3v) is 4.59. The Morgan fingerprint density at radius 1 is 1.27 bits per heavy atom. The number of H-pyrrole nitrogens is 1. The summed E-state index contributed by atoms with van der Waals surface area (Å²) in [5.74, 6) is -0.199. The molecule has 0 saturated carbocycles. The Hall–Kier alpha value is -3.32. The fourth-order valence-electron chi connectivity index (χ4n) is 3.12. The van der Waals surface area contributed by atoms with Crippen LogP contribution in [0.3, 0.4) is 0 Å². The van der Waals surface area contributed by atoms with Crippen LogP contribution in [0.15, 0.2) is 41.5 Å². The molecule has 1 aromatic carbocycles. The fraction of sp³-hybridized carbons (Fsp3) is 0.333. The molecule has 1 fully saturated rings. The molecular weight excluding hydrogens is 398 g/mol. The van der Waals surface area contributed by atoms with Gasteiger partial charge in [-0.05, 0) is 12.1 Å². The lowest BCUT2D eigenvalue weighted by Crippen LogP contribution is -2.33. The second-order valence-electron chi connectivity index (χ2n) is 6.62. The van der Waals surface area contributed by atoms with Crippen LogP contribution < -0.4 is 15.6 Å². The maximum absolute atomic E-state index is 12.3. The predicted molar refractivity (Wildman–Crippen MR) is 102 cm³/mol. The number of aliphatic hydroxyl groups is 3. The molecule has 158 valence electrons. The number of hydrogen-bond acceptors (Lipinski definition) is 9. The summed E-state index contributed by atoms with van der Waals surface area (Å²) in [7, 11) is 0. The smallest absolute Gasteiger partial charge is 0.280 e. The van der Waals surface area contributed by atoms with Gasteiger partial charge in [-0.25, -0.2) is 4.98 Å². The molecule has 1 aliphatic rings. The summed E-state index contributed by atoms with van der Waals surface area (Å²) in [5, 5.41) is 31.9. The first-order valence-corrected chi connectivity index (χ1v) is 9.05. The van der Waals surface area contributed by atoms with Gasteiger partial charge >= 0.3 is 0 Å². The quantitative estimate of drug-likeness (QED) is 0.328. The summed E-state index contributed by atoms with van der Waals surface area (Å²) in [6.07, 6.45) is -3.61. The number of amides is 1. The molecular formula is C18H19N5O7. The molecule has 1 aliphatic heterocycles. The molecule has 0 spiro atoms. The molecule has 12 nitrogen and oxygen atoms in total. The van der Waals surface area contributed by atoms with Crippen molar-refractivity contribution in [2.24, 2.45) is 0 Å². The van der Waals surface area contributed by atoms with Crippen molar-refractivity contribution < 1.29 is 29.6 Å². The van der Waals surface area contributed by atoms with Crippen molar-refractivity contribution in [2.45, 2.75) is 24.5 Å². The van der Waals surface area contributed by atoms with Gasteiger partial charge in [-0.2, -0.15) is 4.98 Å². The summed E-state index contributed by atoms with van der Waals surface area (Å²) in [6.45, 7) is -0.808. The van der Waals surface area contributed by atoms with Gasteiger partial charge in [-0.3, -0.25) is 24.5 Å². The van der Waals surface area contributed by atoms with E-state index in [0.29, 0.717) is 5.75 Å². The Balaban J connectivity index is 1.55. The van der Waals surface area contributed by atoms with Crippen molar-refractivity contribution in [3.63, 3.8) is 0 Å². The topological polar surface area (TPSA) is 172 Å². The number of aromatic amines is 1. The van der Waals surface area contributed by atoms with Crippen LogP contribution in [-0.4, -0.2) is 72.3 Å². The molecule has 4 atom stereocenters. The molecule has 3 heterocycles. The van der Waals surface area contributed by atoms with Crippen LogP contribution in [0.25, 0.3) is 11.2 Å². The van der Waals surface area contributed by atoms with E-state index >= 15 is 0 Å². The molecule has 4 rings (SSSR count). The number of fused-ring (bicyclic) bond motifs is 1. The number of hydrogen-bond donors (Lipinski definition) is 5. The highest BCUT2D eigenvalue weighted by Crippen LogP contribution is 2.30. The van der Waals surface area contributed by atoms with Gasteiger partial charge in [-0.1, -0.05) is 18.2 Å². The minimum absolute atomic E-state index is 0.0212. The highest BCUT2D eigenvalue weighted by molar-refractivity contribution is 5.90. The molecule has 0 aliphatic carbocycles. The van der Waals surface area contributed by atoms with Crippen LogP contribution in [0.2, 0.25) is 0 Å². The van der Waals surface area contributed by atoms with Crippen molar-refractivity contribution >= 4 is 23.0 Å². The minimum Gasteiger partial charge on any atom is -0.484 e. The SMILES string of the molecule is O=C(COc1ccccc1)Nc1nc2c(ncn2[C@@H]2O[C@H](CO)[C@@H](O)[C@@H]2O)c(=O)[nH]1. The Kier molecular flexibility index (Phi) is 5.46. The van der Waals surface area contributed by atoms with Crippen LogP contribution in [-0.2, 0) is 9.53 Å². The molecule has 3 aromatic rings. The first kappa shape index (κ1) is 20.0. The molecule has 5 N–H and O–H groups in total. The summed E-state index contributed by atoms with van der Waals surface area (Å²) in [4.78, 5) is 35.0. The predicted octanol–water partition coefficient (Wildman–Crippen LogP) is -1.25. The van der Waals surface area contributed by atoms with Gasteiger partial charge < -0.3 is 24.8 Å². The van der Waals surface area contributed by atoms with Crippen LogP contribution >= 0.6 is 0 Å². The molecule has 1 amide bonds. The standard InChI is InChI=1S/C18H19N5O7/c24-6-10-13(26)14(27)17(30-10)23-8-19-12-15(23)21-18(22-16(12)28)20-11(25)7-29-9-4-2-1-3-5-9/h1-5,8,10,13-14,17,24,26-27H,6-7H2,(H2,20,21,22,25,28)/t10-,13-,14+,17-/m1/s1. The first-order valence-electron chi connectivity index (χ1n) is 9.05. The Morgan fingerprint density at radius 3 is 2.73 bits per heavy atom. The van der Waals surface area contributed by atoms with Gasteiger partial charge in [0.2, 0.25) is 5.95 Å². The van der Waals surface area contributed by atoms with Gasteiger partial charge in [0.05, 0.1) is 12.9 Å². The Bertz CT molecular complexity index is 1100. The van der Waals surface area contributed by atoms with E-state index in [1.165, 1.54) is 10.9 Å². The van der Waals surface area contributed by atoms with Crippen LogP contribution in [0.1, 0.15) is 6.23 Å². The van der Waals surface area contributed by atoms with E-state index in [0.717, 1.165) is 0 Å². The second-order valence-corrected chi connectivity index (χ2v) is 6.62. The maximum Gasteiger partial charge on any atom is 0.280 e. The lowest BCUT2D eigenvalue weighted by molar-refractivity contribution is -0.118. The average molecular weight is 417 g/mol. The molecule has 0 bridgehead atoms. The number of benzene rings is 1. The third kappa shape index (κ3) is 3.76. The summed E-state index contributed by atoms with van der Waals surface area (Å²) in [6, 6.07) is 8.73. The second kappa shape index (κ2) is 8.20. The first-order chi connectivity index (χ1) is 14.5. The zero-order chi connectivity index (χ0) is 21.3. The van der Waals surface area contributed by atoms with Crippen molar-refractivity contribution in [2.75, 3.05) is 18.5 Å². The third-order valence-electron chi connectivity index (χ3n) is 4.59. The van der Waals surface area contributed by atoms with Crippen molar-refractivity contribution in [1.29, 1.82) is 0 Å². The zero-order valence-corrected chi connectivity index (χ0v) is 15.5. The lowest BCUT2D eigenvalue weighted by atomic mass is 10.1. The monoisotopic (exact) mass is 417 g/mol. The van der Waals surface area contributed by atoms with Crippen molar-refractivity contribution in [1.82, 2.24) is 19.5 Å². The molecule has 12 heteroatoms. The largest absolute Gasteiger partial charge is 0.484 e. The van der Waals surface area contributed by atoms with Crippen LogP contribution in [0.4, 0.5) is 5.95 Å². The van der Waals surface area contributed by atoms with E-state index in [1.807, 2.05) is 6.07 Å². The zero-order valence-electron chi connectivity index (χ0n) is 15.5. The Labute approximate surface area is 168 Å². The van der Waals surface area contributed by atoms with E-state index < -0.39 is 42.6 Å². The summed E-state index contributed by atoms with van der Waals surface area (Å²) in [5.41, 5.74) is -0.649. The normalized spacial score (nSPS) is 23.6. The lowest BCUT2D eigenvalue weighted by Gasteiger charge is -2.16. The number of aromatic nitrogens is 4. The number of ether oxygens (including phenoxy) is 2. The molecule has 0 unspecified atom stereocenters. The number of nitrogens with zero attached hydrogens (tertiary/aromatic N) is 3. The van der Waals surface area contributed by atoms with Crippen molar-refractivity contribution in [3.05, 3.63) is 47.0 Å². The van der Waals surface area contributed by atoms with Crippen LogP contribution in [0.5, 0.6) is 5.75 Å². The Morgan fingerprint density at radius 2 is 2.03 bits per heavy atom. The number of imidazole rings is 1. The minimum atomic E-state index is -1.38. The summed E-state index contributed by atoms with van der Waals surface area (Å²) < 4.78 is 12.0. The van der Waals surface area contributed by atoms with Gasteiger partial charge in [0, 0.05) is 0 Å². The van der Waals surface area contributed by atoms with Crippen molar-refractivity contribution in [3.8, 4) is 5.75 Å². The number of anilines is 1. The van der Waals surface area contributed by atoms with Gasteiger partial charge in [-0.15, -0.1) is 0 Å². The highest BCUT2D eigenvalue weighted by atomic mass is 16.6. The molecule has 30 heavy (non-hydrogen) atoms. The van der Waals surface area contributed by atoms with E-state index in [-0.39, 0.29) is 23.7 Å². The van der Waals surface area contributed by atoms with Gasteiger partial charge in [0.1, 0.15) is 24.1 Å². The van der Waals surface area contributed by atoms with Gasteiger partial charge in [0.15, 0.2) is 24.0 Å². The number of para-hydroxylation sites is 1. The summed E-state index contributed by atoms with van der Waals surface area (Å²) >= 11 is 0. The average Bonchev–Trinajstić information content (AvgIpc) is 3.29. The molecule has 1 saturated heterocycles. The van der Waals surface area contributed by atoms with E-state index in [4.69, 9.17) is 9.47 Å². The van der Waals surface area contributed by atoms with E-state index in [9.17, 15) is 24.9 Å². The maximum atomic E-state index is 12.3.